The average molecular weight is 255 g/mol. The molecule has 0 saturated heterocycles. The van der Waals surface area contributed by atoms with Gasteiger partial charge in [0.15, 0.2) is 0 Å². The Morgan fingerprint density at radius 2 is 2.21 bits per heavy atom. The standard InChI is InChI=1S/C10H8BrFN2/c1-6-3-2-4-7(12)10(6)8-5-9(11)14-13-8/h2-5H,1H3,(H,13,14). The highest BCUT2D eigenvalue weighted by atomic mass is 79.9. The lowest BCUT2D eigenvalue weighted by atomic mass is 10.1. The maximum absolute atomic E-state index is 13.5. The summed E-state index contributed by atoms with van der Waals surface area (Å²) in [6.07, 6.45) is 0. The first-order valence-electron chi connectivity index (χ1n) is 4.15. The Labute approximate surface area is 89.3 Å². The molecule has 72 valence electrons. The van der Waals surface area contributed by atoms with Crippen LogP contribution in [0.15, 0.2) is 28.9 Å². The summed E-state index contributed by atoms with van der Waals surface area (Å²) in [6.45, 7) is 1.87. The molecule has 0 radical (unpaired) electrons. The molecule has 0 fully saturated rings. The summed E-state index contributed by atoms with van der Waals surface area (Å²) in [4.78, 5) is 0. The highest BCUT2D eigenvalue weighted by molar-refractivity contribution is 9.10. The molecule has 0 saturated carbocycles. The summed E-state index contributed by atoms with van der Waals surface area (Å²) >= 11 is 3.21. The molecule has 0 aliphatic rings. The quantitative estimate of drug-likeness (QED) is 0.832. The molecule has 2 rings (SSSR count). The zero-order valence-corrected chi connectivity index (χ0v) is 9.10. The van der Waals surface area contributed by atoms with E-state index < -0.39 is 0 Å². The van der Waals surface area contributed by atoms with Gasteiger partial charge in [0.05, 0.1) is 5.69 Å². The van der Waals surface area contributed by atoms with E-state index in [0.29, 0.717) is 15.9 Å². The number of halogens is 2. The molecule has 0 amide bonds. The van der Waals surface area contributed by atoms with Crippen LogP contribution in [0, 0.1) is 12.7 Å². The fourth-order valence-corrected chi connectivity index (χ4v) is 1.72. The molecule has 0 atom stereocenters. The lowest BCUT2D eigenvalue weighted by Crippen LogP contribution is -1.88. The molecule has 1 aromatic heterocycles. The van der Waals surface area contributed by atoms with Crippen LogP contribution in [0.4, 0.5) is 4.39 Å². The van der Waals surface area contributed by atoms with Crippen molar-refractivity contribution in [2.45, 2.75) is 6.92 Å². The monoisotopic (exact) mass is 254 g/mol. The van der Waals surface area contributed by atoms with Gasteiger partial charge in [0.1, 0.15) is 10.4 Å². The maximum atomic E-state index is 13.5. The van der Waals surface area contributed by atoms with E-state index in [9.17, 15) is 4.39 Å². The number of H-pyrrole nitrogens is 1. The Morgan fingerprint density at radius 3 is 2.79 bits per heavy atom. The predicted molar refractivity (Wildman–Crippen MR) is 56.4 cm³/mol. The van der Waals surface area contributed by atoms with Gasteiger partial charge in [-0.1, -0.05) is 12.1 Å². The third-order valence-electron chi connectivity index (χ3n) is 2.04. The summed E-state index contributed by atoms with van der Waals surface area (Å²) in [5, 5.41) is 6.67. The van der Waals surface area contributed by atoms with Gasteiger partial charge in [-0.2, -0.15) is 5.10 Å². The van der Waals surface area contributed by atoms with Crippen LogP contribution in [0.25, 0.3) is 11.3 Å². The molecule has 0 aliphatic carbocycles. The van der Waals surface area contributed by atoms with E-state index in [2.05, 4.69) is 26.1 Å². The van der Waals surface area contributed by atoms with E-state index in [1.54, 1.807) is 12.1 Å². The zero-order valence-electron chi connectivity index (χ0n) is 7.51. The molecular weight excluding hydrogens is 247 g/mol. The summed E-state index contributed by atoms with van der Waals surface area (Å²) in [6, 6.07) is 6.76. The van der Waals surface area contributed by atoms with E-state index in [4.69, 9.17) is 0 Å². The maximum Gasteiger partial charge on any atom is 0.132 e. The van der Waals surface area contributed by atoms with Crippen molar-refractivity contribution in [2.24, 2.45) is 0 Å². The molecule has 14 heavy (non-hydrogen) atoms. The van der Waals surface area contributed by atoms with Gasteiger partial charge in [-0.05, 0) is 40.5 Å². The third-order valence-corrected chi connectivity index (χ3v) is 2.44. The number of nitrogens with zero attached hydrogens (tertiary/aromatic N) is 1. The number of hydrogen-bond acceptors (Lipinski definition) is 1. The highest BCUT2D eigenvalue weighted by Gasteiger charge is 2.09. The van der Waals surface area contributed by atoms with E-state index in [-0.39, 0.29) is 5.82 Å². The van der Waals surface area contributed by atoms with Crippen molar-refractivity contribution >= 4 is 15.9 Å². The number of rotatable bonds is 1. The van der Waals surface area contributed by atoms with Gasteiger partial charge in [0.25, 0.3) is 0 Å². The van der Waals surface area contributed by atoms with Gasteiger partial charge in [-0.25, -0.2) is 4.39 Å². The minimum Gasteiger partial charge on any atom is -0.277 e. The number of aromatic amines is 1. The Kier molecular flexibility index (Phi) is 2.37. The highest BCUT2D eigenvalue weighted by Crippen LogP contribution is 2.26. The van der Waals surface area contributed by atoms with Gasteiger partial charge < -0.3 is 0 Å². The first kappa shape index (κ1) is 9.40. The Bertz CT molecular complexity index is 445. The van der Waals surface area contributed by atoms with Crippen LogP contribution in [0.5, 0.6) is 0 Å². The van der Waals surface area contributed by atoms with Crippen LogP contribution >= 0.6 is 15.9 Å². The largest absolute Gasteiger partial charge is 0.277 e. The van der Waals surface area contributed by atoms with Crippen molar-refractivity contribution in [1.29, 1.82) is 0 Å². The van der Waals surface area contributed by atoms with Gasteiger partial charge >= 0.3 is 0 Å². The topological polar surface area (TPSA) is 28.7 Å². The molecule has 1 N–H and O–H groups in total. The van der Waals surface area contributed by atoms with Crippen molar-refractivity contribution in [1.82, 2.24) is 10.2 Å². The van der Waals surface area contributed by atoms with Crippen LogP contribution in [0.1, 0.15) is 5.56 Å². The molecule has 4 heteroatoms. The predicted octanol–water partition coefficient (Wildman–Crippen LogP) is 3.29. The minimum absolute atomic E-state index is 0.235. The van der Waals surface area contributed by atoms with Crippen LogP contribution in [-0.2, 0) is 0 Å². The normalized spacial score (nSPS) is 10.5. The molecule has 1 heterocycles. The Balaban J connectivity index is 2.61. The van der Waals surface area contributed by atoms with Gasteiger partial charge in [0.2, 0.25) is 0 Å². The molecule has 2 aromatic rings. The van der Waals surface area contributed by atoms with Crippen molar-refractivity contribution in [3.8, 4) is 11.3 Å². The second kappa shape index (κ2) is 3.53. The van der Waals surface area contributed by atoms with Crippen molar-refractivity contribution in [2.75, 3.05) is 0 Å². The molecular formula is C10H8BrFN2. The number of aryl methyl sites for hydroxylation is 1. The zero-order chi connectivity index (χ0) is 10.1. The molecule has 1 aromatic carbocycles. The Morgan fingerprint density at radius 1 is 1.43 bits per heavy atom. The fraction of sp³-hybridized carbons (Fsp3) is 0.100. The average Bonchev–Trinajstić information content (AvgIpc) is 2.51. The smallest absolute Gasteiger partial charge is 0.132 e. The van der Waals surface area contributed by atoms with Gasteiger partial charge in [-0.3, -0.25) is 5.10 Å². The van der Waals surface area contributed by atoms with Crippen LogP contribution in [-0.4, -0.2) is 10.2 Å². The summed E-state index contributed by atoms with van der Waals surface area (Å²) in [5.41, 5.74) is 2.15. The fourth-order valence-electron chi connectivity index (χ4n) is 1.40. The SMILES string of the molecule is Cc1cccc(F)c1-c1cc(Br)n[nH]1. The summed E-state index contributed by atoms with van der Waals surface area (Å²) in [7, 11) is 0. The van der Waals surface area contributed by atoms with E-state index >= 15 is 0 Å². The number of hydrogen-bond donors (Lipinski definition) is 1. The molecule has 0 unspecified atom stereocenters. The van der Waals surface area contributed by atoms with Crippen LogP contribution in [0.3, 0.4) is 0 Å². The van der Waals surface area contributed by atoms with E-state index in [1.165, 1.54) is 6.07 Å². The number of nitrogens with one attached hydrogen (secondary N) is 1. The summed E-state index contributed by atoms with van der Waals surface area (Å²) in [5.74, 6) is -0.235. The second-order valence-corrected chi connectivity index (χ2v) is 3.85. The Hall–Kier alpha value is -1.16. The van der Waals surface area contributed by atoms with Crippen LogP contribution in [0.2, 0.25) is 0 Å². The van der Waals surface area contributed by atoms with E-state index in [1.807, 2.05) is 13.0 Å². The molecule has 0 aliphatic heterocycles. The number of aromatic nitrogens is 2. The van der Waals surface area contributed by atoms with Crippen LogP contribution < -0.4 is 0 Å². The third kappa shape index (κ3) is 1.57. The second-order valence-electron chi connectivity index (χ2n) is 3.04. The first-order chi connectivity index (χ1) is 6.68. The lowest BCUT2D eigenvalue weighted by molar-refractivity contribution is 0.629. The summed E-state index contributed by atoms with van der Waals surface area (Å²) < 4.78 is 14.2. The number of benzene rings is 1. The molecule has 0 bridgehead atoms. The molecule has 2 nitrogen and oxygen atoms in total. The lowest BCUT2D eigenvalue weighted by Gasteiger charge is -2.03. The molecule has 0 spiro atoms. The first-order valence-corrected chi connectivity index (χ1v) is 4.94. The van der Waals surface area contributed by atoms with Crippen molar-refractivity contribution in [3.05, 3.63) is 40.2 Å². The van der Waals surface area contributed by atoms with E-state index in [0.717, 1.165) is 5.56 Å². The van der Waals surface area contributed by atoms with Gasteiger partial charge in [0, 0.05) is 5.56 Å². The van der Waals surface area contributed by atoms with Gasteiger partial charge in [-0.15, -0.1) is 0 Å². The minimum atomic E-state index is -0.235. The van der Waals surface area contributed by atoms with Crippen molar-refractivity contribution < 1.29 is 4.39 Å². The van der Waals surface area contributed by atoms with Crippen molar-refractivity contribution in [3.63, 3.8) is 0 Å².